The van der Waals surface area contributed by atoms with Crippen LogP contribution in [-0.2, 0) is 19.1 Å². The molecule has 2 aromatic carbocycles. The first-order chi connectivity index (χ1) is 15.5. The Bertz CT molecular complexity index is 898. The van der Waals surface area contributed by atoms with Crippen LogP contribution >= 0.6 is 0 Å². The highest BCUT2D eigenvalue weighted by Crippen LogP contribution is 2.28. The highest BCUT2D eigenvalue weighted by Gasteiger charge is 2.05. The molecule has 0 N–H and O–H groups in total. The zero-order chi connectivity index (χ0) is 23.3. The summed E-state index contributed by atoms with van der Waals surface area (Å²) in [6, 6.07) is 10.5. The van der Waals surface area contributed by atoms with Crippen molar-refractivity contribution in [1.29, 1.82) is 0 Å². The van der Waals surface area contributed by atoms with Gasteiger partial charge in [0.2, 0.25) is 0 Å². The summed E-state index contributed by atoms with van der Waals surface area (Å²) in [6.45, 7) is -0.129. The molecule has 2 rings (SSSR count). The lowest BCUT2D eigenvalue weighted by Crippen LogP contribution is -2.11. The number of rotatable bonds is 11. The van der Waals surface area contributed by atoms with Gasteiger partial charge >= 0.3 is 11.9 Å². The van der Waals surface area contributed by atoms with E-state index in [0.29, 0.717) is 23.0 Å². The molecule has 0 spiro atoms. The number of esters is 2. The third kappa shape index (κ3) is 7.39. The molecule has 0 aliphatic heterocycles. The van der Waals surface area contributed by atoms with Crippen LogP contribution in [0.4, 0.5) is 0 Å². The Kier molecular flexibility index (Phi) is 9.65. The predicted octanol–water partition coefficient (Wildman–Crippen LogP) is 3.53. The van der Waals surface area contributed by atoms with E-state index in [-0.39, 0.29) is 13.2 Å². The lowest BCUT2D eigenvalue weighted by molar-refractivity contribution is -0.145. The van der Waals surface area contributed by atoms with E-state index < -0.39 is 11.9 Å². The molecule has 8 heteroatoms. The van der Waals surface area contributed by atoms with Gasteiger partial charge in [0.05, 0.1) is 28.4 Å². The number of benzene rings is 2. The van der Waals surface area contributed by atoms with E-state index in [9.17, 15) is 9.59 Å². The molecule has 0 heterocycles. The number of carbonyl (C=O) groups excluding carboxylic acids is 2. The van der Waals surface area contributed by atoms with Gasteiger partial charge < -0.3 is 28.4 Å². The normalized spacial score (nSPS) is 10.8. The van der Waals surface area contributed by atoms with Crippen molar-refractivity contribution in [2.45, 2.75) is 0 Å². The highest BCUT2D eigenvalue weighted by molar-refractivity contribution is 5.88. The van der Waals surface area contributed by atoms with Crippen molar-refractivity contribution >= 4 is 24.1 Å². The van der Waals surface area contributed by atoms with E-state index in [2.05, 4.69) is 0 Å². The van der Waals surface area contributed by atoms with Gasteiger partial charge in [0.25, 0.3) is 0 Å². The van der Waals surface area contributed by atoms with Crippen LogP contribution in [0, 0.1) is 0 Å². The average molecular weight is 442 g/mol. The van der Waals surface area contributed by atoms with E-state index in [1.807, 2.05) is 0 Å². The third-order valence-corrected chi connectivity index (χ3v) is 4.21. The molecule has 8 nitrogen and oxygen atoms in total. The van der Waals surface area contributed by atoms with E-state index in [4.69, 9.17) is 28.4 Å². The molecule has 0 radical (unpaired) electrons. The summed E-state index contributed by atoms with van der Waals surface area (Å²) < 4.78 is 30.8. The monoisotopic (exact) mass is 442 g/mol. The number of methoxy groups -OCH3 is 4. The Morgan fingerprint density at radius 2 is 1.00 bits per heavy atom. The van der Waals surface area contributed by atoms with Crippen molar-refractivity contribution in [1.82, 2.24) is 0 Å². The van der Waals surface area contributed by atoms with Crippen LogP contribution in [0.25, 0.3) is 12.2 Å². The second-order valence-corrected chi connectivity index (χ2v) is 6.23. The molecule has 0 unspecified atom stereocenters. The molecule has 0 saturated carbocycles. The zero-order valence-corrected chi connectivity index (χ0v) is 18.5. The van der Waals surface area contributed by atoms with Gasteiger partial charge in [-0.1, -0.05) is 12.1 Å². The molecule has 0 aliphatic rings. The molecule has 0 aliphatic carbocycles. The van der Waals surface area contributed by atoms with Crippen molar-refractivity contribution in [3.8, 4) is 23.0 Å². The molecule has 0 aromatic heterocycles. The zero-order valence-electron chi connectivity index (χ0n) is 18.5. The molecule has 2 aromatic rings. The minimum atomic E-state index is -0.559. The summed E-state index contributed by atoms with van der Waals surface area (Å²) in [7, 11) is 6.15. The van der Waals surface area contributed by atoms with Gasteiger partial charge in [-0.15, -0.1) is 0 Å². The fraction of sp³-hybridized carbons (Fsp3) is 0.250. The van der Waals surface area contributed by atoms with Crippen molar-refractivity contribution in [2.75, 3.05) is 41.7 Å². The molecule has 0 saturated heterocycles. The summed E-state index contributed by atoms with van der Waals surface area (Å²) in [6.07, 6.45) is 5.73. The molecule has 0 atom stereocenters. The van der Waals surface area contributed by atoms with E-state index in [0.717, 1.165) is 11.1 Å². The summed E-state index contributed by atoms with van der Waals surface area (Å²) >= 11 is 0. The Morgan fingerprint density at radius 1 is 0.625 bits per heavy atom. The van der Waals surface area contributed by atoms with Gasteiger partial charge in [-0.2, -0.15) is 0 Å². The second kappa shape index (κ2) is 12.7. The summed E-state index contributed by atoms with van der Waals surface area (Å²) in [4.78, 5) is 23.6. The minimum absolute atomic E-state index is 0.0644. The van der Waals surface area contributed by atoms with Crippen molar-refractivity contribution in [2.24, 2.45) is 0 Å². The Balaban J connectivity index is 1.76. The van der Waals surface area contributed by atoms with Gasteiger partial charge in [-0.25, -0.2) is 9.59 Å². The minimum Gasteiger partial charge on any atom is -0.493 e. The van der Waals surface area contributed by atoms with Gasteiger partial charge in [0.15, 0.2) is 23.0 Å². The van der Waals surface area contributed by atoms with Crippen LogP contribution in [-0.4, -0.2) is 53.6 Å². The van der Waals surface area contributed by atoms with Crippen LogP contribution in [0.3, 0.4) is 0 Å². The summed E-state index contributed by atoms with van der Waals surface area (Å²) in [5.41, 5.74) is 1.48. The number of ether oxygens (including phenoxy) is 6. The number of carbonyl (C=O) groups is 2. The fourth-order valence-corrected chi connectivity index (χ4v) is 2.62. The summed E-state index contributed by atoms with van der Waals surface area (Å²) in [5, 5.41) is 0. The largest absolute Gasteiger partial charge is 0.493 e. The van der Waals surface area contributed by atoms with Gasteiger partial charge in [0.1, 0.15) is 13.2 Å². The Hall–Kier alpha value is -3.94. The van der Waals surface area contributed by atoms with E-state index >= 15 is 0 Å². The topological polar surface area (TPSA) is 89.5 Å². The number of hydrogen-bond acceptors (Lipinski definition) is 8. The first-order valence-electron chi connectivity index (χ1n) is 9.64. The molecular weight excluding hydrogens is 416 g/mol. The first-order valence-corrected chi connectivity index (χ1v) is 9.64. The van der Waals surface area contributed by atoms with Gasteiger partial charge in [-0.05, 0) is 47.5 Å². The van der Waals surface area contributed by atoms with Gasteiger partial charge in [-0.3, -0.25) is 0 Å². The van der Waals surface area contributed by atoms with Crippen LogP contribution in [0.5, 0.6) is 23.0 Å². The van der Waals surface area contributed by atoms with Crippen LogP contribution in [0.2, 0.25) is 0 Å². The smallest absolute Gasteiger partial charge is 0.330 e. The molecule has 170 valence electrons. The Morgan fingerprint density at radius 3 is 1.34 bits per heavy atom. The maximum Gasteiger partial charge on any atom is 0.330 e. The SMILES string of the molecule is COc1ccc(/C=C/C(=O)OCCOC(=O)/C=C/c2ccc(OC)c(OC)c2)cc1OC. The maximum atomic E-state index is 11.8. The first kappa shape index (κ1) is 24.3. The quantitative estimate of drug-likeness (QED) is 0.297. The molecule has 32 heavy (non-hydrogen) atoms. The molecule has 0 fully saturated rings. The van der Waals surface area contributed by atoms with Crippen molar-refractivity contribution in [3.05, 3.63) is 59.7 Å². The lowest BCUT2D eigenvalue weighted by Gasteiger charge is -2.07. The standard InChI is InChI=1S/C24H26O8/c1-27-19-9-5-17(15-21(19)29-3)7-11-23(25)31-13-14-32-24(26)12-8-18-6-10-20(28-2)22(16-18)30-4/h5-12,15-16H,13-14H2,1-4H3/b11-7+,12-8+. The third-order valence-electron chi connectivity index (χ3n) is 4.21. The van der Waals surface area contributed by atoms with E-state index in [1.54, 1.807) is 62.8 Å². The maximum absolute atomic E-state index is 11.8. The Labute approximate surface area is 186 Å². The summed E-state index contributed by atoms with van der Waals surface area (Å²) in [5.74, 6) is 1.17. The lowest BCUT2D eigenvalue weighted by atomic mass is 10.2. The number of hydrogen-bond donors (Lipinski definition) is 0. The van der Waals surface area contributed by atoms with Crippen molar-refractivity contribution in [3.63, 3.8) is 0 Å². The van der Waals surface area contributed by atoms with Crippen molar-refractivity contribution < 1.29 is 38.0 Å². The highest BCUT2D eigenvalue weighted by atomic mass is 16.6. The second-order valence-electron chi connectivity index (χ2n) is 6.23. The average Bonchev–Trinajstić information content (AvgIpc) is 2.83. The van der Waals surface area contributed by atoms with Crippen LogP contribution in [0.1, 0.15) is 11.1 Å². The van der Waals surface area contributed by atoms with Crippen LogP contribution in [0.15, 0.2) is 48.6 Å². The molecule has 0 amide bonds. The molecular formula is C24H26O8. The van der Waals surface area contributed by atoms with Gasteiger partial charge in [0, 0.05) is 12.2 Å². The molecule has 0 bridgehead atoms. The fourth-order valence-electron chi connectivity index (χ4n) is 2.62. The predicted molar refractivity (Wildman–Crippen MR) is 119 cm³/mol. The van der Waals surface area contributed by atoms with E-state index in [1.165, 1.54) is 26.4 Å². The van der Waals surface area contributed by atoms with Crippen LogP contribution < -0.4 is 18.9 Å².